The van der Waals surface area contributed by atoms with Crippen LogP contribution in [0.25, 0.3) is 16.9 Å². The summed E-state index contributed by atoms with van der Waals surface area (Å²) in [5.74, 6) is -0.257. The third-order valence-electron chi connectivity index (χ3n) is 3.74. The van der Waals surface area contributed by atoms with Gasteiger partial charge in [-0.2, -0.15) is 0 Å². The summed E-state index contributed by atoms with van der Waals surface area (Å²) in [5.41, 5.74) is 2.32. The molecule has 4 nitrogen and oxygen atoms in total. The molecule has 0 unspecified atom stereocenters. The van der Waals surface area contributed by atoms with Crippen LogP contribution in [0.1, 0.15) is 0 Å². The van der Waals surface area contributed by atoms with Crippen LogP contribution in [0.4, 0.5) is 4.39 Å². The first-order valence-corrected chi connectivity index (χ1v) is 9.11. The number of halogens is 1. The van der Waals surface area contributed by atoms with Gasteiger partial charge in [0.15, 0.2) is 21.4 Å². The van der Waals surface area contributed by atoms with E-state index in [9.17, 15) is 12.8 Å². The Morgan fingerprint density at radius 3 is 2.33 bits per heavy atom. The van der Waals surface area contributed by atoms with Crippen molar-refractivity contribution in [2.24, 2.45) is 0 Å². The zero-order chi connectivity index (χ0) is 17.3. The van der Waals surface area contributed by atoms with Crippen LogP contribution in [0, 0.1) is 5.82 Å². The van der Waals surface area contributed by atoms with Gasteiger partial charge in [0.2, 0.25) is 0 Å². The molecule has 24 heavy (non-hydrogen) atoms. The summed E-state index contributed by atoms with van der Waals surface area (Å²) in [6.45, 7) is 0. The molecule has 3 aromatic rings. The van der Waals surface area contributed by atoms with Gasteiger partial charge in [0, 0.05) is 24.2 Å². The largest absolute Gasteiger partial charge is 0.494 e. The predicted octanol–water partition coefficient (Wildman–Crippen LogP) is 3.70. The van der Waals surface area contributed by atoms with E-state index in [4.69, 9.17) is 4.74 Å². The quantitative estimate of drug-likeness (QED) is 0.724. The molecule has 0 aliphatic heterocycles. The third-order valence-corrected chi connectivity index (χ3v) is 4.87. The molecule has 2 aromatic carbocycles. The van der Waals surface area contributed by atoms with Gasteiger partial charge in [-0.15, -0.1) is 0 Å². The van der Waals surface area contributed by atoms with Gasteiger partial charge < -0.3 is 9.30 Å². The molecule has 124 valence electrons. The van der Waals surface area contributed by atoms with Gasteiger partial charge in [-0.25, -0.2) is 12.8 Å². The summed E-state index contributed by atoms with van der Waals surface area (Å²) < 4.78 is 43.8. The van der Waals surface area contributed by atoms with Crippen molar-refractivity contribution < 1.29 is 17.5 Å². The van der Waals surface area contributed by atoms with Crippen molar-refractivity contribution in [2.45, 2.75) is 4.90 Å². The van der Waals surface area contributed by atoms with Crippen LogP contribution in [-0.2, 0) is 9.84 Å². The van der Waals surface area contributed by atoms with E-state index in [1.165, 1.54) is 19.4 Å². The lowest BCUT2D eigenvalue weighted by Gasteiger charge is -2.11. The number of sulfone groups is 1. The maximum Gasteiger partial charge on any atom is 0.175 e. The smallest absolute Gasteiger partial charge is 0.175 e. The van der Waals surface area contributed by atoms with Crippen molar-refractivity contribution in [3.05, 3.63) is 66.6 Å². The molecule has 1 heterocycles. The molecule has 0 bridgehead atoms. The number of rotatable bonds is 4. The third kappa shape index (κ3) is 3.05. The van der Waals surface area contributed by atoms with E-state index in [0.717, 1.165) is 11.3 Å². The number of aromatic nitrogens is 1. The van der Waals surface area contributed by atoms with Crippen LogP contribution in [0.3, 0.4) is 0 Å². The first-order chi connectivity index (χ1) is 11.4. The second-order valence-corrected chi connectivity index (χ2v) is 7.39. The monoisotopic (exact) mass is 345 g/mol. The Balaban J connectivity index is 2.03. The van der Waals surface area contributed by atoms with E-state index in [1.54, 1.807) is 36.4 Å². The van der Waals surface area contributed by atoms with Crippen LogP contribution < -0.4 is 4.74 Å². The topological polar surface area (TPSA) is 48.3 Å². The van der Waals surface area contributed by atoms with Crippen molar-refractivity contribution in [1.82, 2.24) is 4.57 Å². The van der Waals surface area contributed by atoms with Crippen molar-refractivity contribution in [1.29, 1.82) is 0 Å². The van der Waals surface area contributed by atoms with Crippen LogP contribution in [0.2, 0.25) is 0 Å². The molecule has 0 saturated heterocycles. The summed E-state index contributed by atoms with van der Waals surface area (Å²) in [6, 6.07) is 15.1. The molecule has 0 amide bonds. The lowest BCUT2D eigenvalue weighted by atomic mass is 10.1. The molecule has 0 N–H and O–H groups in total. The van der Waals surface area contributed by atoms with Gasteiger partial charge >= 0.3 is 0 Å². The van der Waals surface area contributed by atoms with Crippen LogP contribution in [0.15, 0.2) is 65.7 Å². The number of methoxy groups -OCH3 is 1. The van der Waals surface area contributed by atoms with Crippen molar-refractivity contribution in [2.75, 3.05) is 13.4 Å². The minimum absolute atomic E-state index is 0.185. The van der Waals surface area contributed by atoms with E-state index >= 15 is 0 Å². The van der Waals surface area contributed by atoms with Gasteiger partial charge in [0.1, 0.15) is 0 Å². The predicted molar refractivity (Wildman–Crippen MR) is 90.8 cm³/mol. The second-order valence-electron chi connectivity index (χ2n) is 5.38. The molecule has 1 aromatic heterocycles. The van der Waals surface area contributed by atoms with Gasteiger partial charge in [-0.1, -0.05) is 12.1 Å². The van der Waals surface area contributed by atoms with Gasteiger partial charge in [-0.3, -0.25) is 0 Å². The number of nitrogens with zero attached hydrogens (tertiary/aromatic N) is 1. The molecule has 0 spiro atoms. The minimum Gasteiger partial charge on any atom is -0.494 e. The SMILES string of the molecule is COc1ccc(-n2cccc2-c2ccc(S(C)(=O)=O)cc2)cc1F. The van der Waals surface area contributed by atoms with Gasteiger partial charge in [-0.05, 0) is 42.0 Å². The average Bonchev–Trinajstić information content (AvgIpc) is 3.03. The summed E-state index contributed by atoms with van der Waals surface area (Å²) in [4.78, 5) is 0.264. The maximum absolute atomic E-state index is 14.0. The lowest BCUT2D eigenvalue weighted by molar-refractivity contribution is 0.386. The molecule has 0 atom stereocenters. The molecule has 0 saturated carbocycles. The lowest BCUT2D eigenvalue weighted by Crippen LogP contribution is -1.99. The summed E-state index contributed by atoms with van der Waals surface area (Å²) in [7, 11) is -1.82. The van der Waals surface area contributed by atoms with E-state index in [-0.39, 0.29) is 10.6 Å². The van der Waals surface area contributed by atoms with Gasteiger partial charge in [0.25, 0.3) is 0 Å². The minimum atomic E-state index is -3.23. The van der Waals surface area contributed by atoms with E-state index in [2.05, 4.69) is 0 Å². The average molecular weight is 345 g/mol. The van der Waals surface area contributed by atoms with Crippen LogP contribution in [0.5, 0.6) is 5.75 Å². The molecule has 0 fully saturated rings. The van der Waals surface area contributed by atoms with Crippen molar-refractivity contribution in [3.8, 4) is 22.7 Å². The number of ether oxygens (including phenoxy) is 1. The Hall–Kier alpha value is -2.60. The first kappa shape index (κ1) is 16.3. The maximum atomic E-state index is 14.0. The standard InChI is InChI=1S/C18H16FNO3S/c1-23-18-10-7-14(12-16(18)19)20-11-3-4-17(20)13-5-8-15(9-6-13)24(2,21)22/h3-12H,1-2H3. The van der Waals surface area contributed by atoms with E-state index < -0.39 is 15.7 Å². The van der Waals surface area contributed by atoms with Crippen molar-refractivity contribution >= 4 is 9.84 Å². The van der Waals surface area contributed by atoms with Crippen molar-refractivity contribution in [3.63, 3.8) is 0 Å². The molecule has 6 heteroatoms. The molecule has 0 aliphatic rings. The Labute approximate surface area is 140 Å². The highest BCUT2D eigenvalue weighted by atomic mass is 32.2. The van der Waals surface area contributed by atoms with Crippen LogP contribution in [-0.4, -0.2) is 26.4 Å². The van der Waals surface area contributed by atoms with E-state index in [0.29, 0.717) is 5.69 Å². The molecular weight excluding hydrogens is 329 g/mol. The zero-order valence-electron chi connectivity index (χ0n) is 13.2. The fourth-order valence-electron chi connectivity index (χ4n) is 2.52. The molecule has 3 rings (SSSR count). The highest BCUT2D eigenvalue weighted by Gasteiger charge is 2.11. The van der Waals surface area contributed by atoms with E-state index in [1.807, 2.05) is 22.9 Å². The number of benzene rings is 2. The number of hydrogen-bond donors (Lipinski definition) is 0. The highest BCUT2D eigenvalue weighted by molar-refractivity contribution is 7.90. The molecule has 0 radical (unpaired) electrons. The summed E-state index contributed by atoms with van der Waals surface area (Å²) >= 11 is 0. The zero-order valence-corrected chi connectivity index (χ0v) is 14.0. The Bertz CT molecular complexity index is 976. The molecule has 0 aliphatic carbocycles. The second kappa shape index (κ2) is 6.13. The Morgan fingerprint density at radius 2 is 1.75 bits per heavy atom. The highest BCUT2D eigenvalue weighted by Crippen LogP contribution is 2.27. The van der Waals surface area contributed by atoms with Crippen LogP contribution >= 0.6 is 0 Å². The first-order valence-electron chi connectivity index (χ1n) is 7.22. The normalized spacial score (nSPS) is 11.5. The summed E-state index contributed by atoms with van der Waals surface area (Å²) in [6.07, 6.45) is 2.99. The summed E-state index contributed by atoms with van der Waals surface area (Å²) in [5, 5.41) is 0. The molecular formula is C18H16FNO3S. The Kier molecular flexibility index (Phi) is 4.15. The fourth-order valence-corrected chi connectivity index (χ4v) is 3.15. The number of hydrogen-bond acceptors (Lipinski definition) is 3. The Morgan fingerprint density at radius 1 is 1.04 bits per heavy atom. The van der Waals surface area contributed by atoms with Gasteiger partial charge in [0.05, 0.1) is 17.7 Å². The fraction of sp³-hybridized carbons (Fsp3) is 0.111.